The van der Waals surface area contributed by atoms with Crippen LogP contribution in [-0.2, 0) is 0 Å². The third-order valence-electron chi connectivity index (χ3n) is 3.73. The molecule has 0 saturated carbocycles. The van der Waals surface area contributed by atoms with Crippen LogP contribution in [0.4, 0.5) is 0 Å². The van der Waals surface area contributed by atoms with Crippen LogP contribution in [0.1, 0.15) is 23.8 Å². The molecule has 4 heteroatoms. The average molecular weight is 256 g/mol. The summed E-state index contributed by atoms with van der Waals surface area (Å²) < 4.78 is 0. The number of hydrogen-bond acceptors (Lipinski definition) is 3. The molecule has 1 saturated heterocycles. The van der Waals surface area contributed by atoms with Crippen molar-refractivity contribution in [3.8, 4) is 0 Å². The smallest absolute Gasteiger partial charge is 0.272 e. The van der Waals surface area contributed by atoms with Gasteiger partial charge in [-0.3, -0.25) is 4.79 Å². The maximum absolute atomic E-state index is 12.2. The fraction of sp³-hybridized carbons (Fsp3) is 0.333. The lowest BCUT2D eigenvalue weighted by molar-refractivity contribution is -0.0828. The Morgan fingerprint density at radius 3 is 2.79 bits per heavy atom. The predicted molar refractivity (Wildman–Crippen MR) is 72.9 cm³/mol. The summed E-state index contributed by atoms with van der Waals surface area (Å²) in [4.78, 5) is 18.2. The topological polar surface area (TPSA) is 53.4 Å². The van der Waals surface area contributed by atoms with E-state index in [4.69, 9.17) is 0 Å². The first-order chi connectivity index (χ1) is 9.11. The molecule has 1 amide bonds. The van der Waals surface area contributed by atoms with Gasteiger partial charge in [0, 0.05) is 5.39 Å². The Morgan fingerprint density at radius 2 is 2.05 bits per heavy atom. The monoisotopic (exact) mass is 256 g/mol. The summed E-state index contributed by atoms with van der Waals surface area (Å²) in [6, 6.07) is 11.4. The summed E-state index contributed by atoms with van der Waals surface area (Å²) in [5.74, 6) is -0.108. The zero-order valence-corrected chi connectivity index (χ0v) is 10.8. The number of rotatable bonds is 2. The zero-order chi connectivity index (χ0) is 13.5. The van der Waals surface area contributed by atoms with Gasteiger partial charge < -0.3 is 10.0 Å². The van der Waals surface area contributed by atoms with Gasteiger partial charge in [-0.05, 0) is 18.6 Å². The number of fused-ring (bicyclic) bond motifs is 1. The normalized spacial score (nSPS) is 17.3. The van der Waals surface area contributed by atoms with Gasteiger partial charge in [0.05, 0.1) is 24.2 Å². The van der Waals surface area contributed by atoms with Crippen molar-refractivity contribution in [1.82, 2.24) is 9.88 Å². The van der Waals surface area contributed by atoms with E-state index in [0.29, 0.717) is 25.2 Å². The van der Waals surface area contributed by atoms with Crippen LogP contribution < -0.4 is 0 Å². The highest BCUT2D eigenvalue weighted by atomic mass is 16.3. The molecule has 4 nitrogen and oxygen atoms in total. The average Bonchev–Trinajstić information content (AvgIpc) is 2.42. The maximum Gasteiger partial charge on any atom is 0.272 e. The number of carbonyl (C=O) groups is 1. The first-order valence-electron chi connectivity index (χ1n) is 6.49. The molecule has 0 unspecified atom stereocenters. The molecule has 1 fully saturated rings. The Labute approximate surface area is 111 Å². The van der Waals surface area contributed by atoms with Crippen LogP contribution in [0.15, 0.2) is 36.4 Å². The number of amides is 1. The van der Waals surface area contributed by atoms with E-state index in [9.17, 15) is 9.90 Å². The van der Waals surface area contributed by atoms with Crippen LogP contribution in [-0.4, -0.2) is 39.6 Å². The predicted octanol–water partition coefficient (Wildman–Crippen LogP) is 1.83. The van der Waals surface area contributed by atoms with Crippen molar-refractivity contribution in [3.63, 3.8) is 0 Å². The molecule has 3 rings (SSSR count). The van der Waals surface area contributed by atoms with Crippen LogP contribution in [0.3, 0.4) is 0 Å². The molecule has 1 aliphatic heterocycles. The van der Waals surface area contributed by atoms with Crippen molar-refractivity contribution in [1.29, 1.82) is 0 Å². The SMILES string of the molecule is CCC1(O)CN(C(=O)c2ccc3ccccc3n2)C1. The van der Waals surface area contributed by atoms with Crippen molar-refractivity contribution >= 4 is 16.8 Å². The maximum atomic E-state index is 12.2. The van der Waals surface area contributed by atoms with Crippen LogP contribution in [0.25, 0.3) is 10.9 Å². The van der Waals surface area contributed by atoms with E-state index >= 15 is 0 Å². The summed E-state index contributed by atoms with van der Waals surface area (Å²) in [6.07, 6.45) is 0.669. The van der Waals surface area contributed by atoms with E-state index in [1.54, 1.807) is 11.0 Å². The quantitative estimate of drug-likeness (QED) is 0.892. The Bertz CT molecular complexity index is 633. The Hall–Kier alpha value is -1.94. The molecule has 0 spiro atoms. The molecule has 0 radical (unpaired) electrons. The van der Waals surface area contributed by atoms with Crippen molar-refractivity contribution in [2.24, 2.45) is 0 Å². The Balaban J connectivity index is 1.83. The molecule has 2 heterocycles. The molecule has 1 aliphatic rings. The van der Waals surface area contributed by atoms with E-state index in [0.717, 1.165) is 10.9 Å². The highest BCUT2D eigenvalue weighted by Crippen LogP contribution is 2.25. The lowest BCUT2D eigenvalue weighted by Crippen LogP contribution is -2.63. The fourth-order valence-corrected chi connectivity index (χ4v) is 2.38. The molecule has 98 valence electrons. The number of β-amino-alcohol motifs (C(OH)–C–C–N with tert-alkyl or cyclic N) is 1. The summed E-state index contributed by atoms with van der Waals surface area (Å²) in [7, 11) is 0. The molecular weight excluding hydrogens is 240 g/mol. The van der Waals surface area contributed by atoms with Crippen LogP contribution in [0.5, 0.6) is 0 Å². The molecule has 1 aromatic carbocycles. The number of likely N-dealkylation sites (tertiary alicyclic amines) is 1. The summed E-state index contributed by atoms with van der Waals surface area (Å²) in [5, 5.41) is 11.0. The Morgan fingerprint density at radius 1 is 1.32 bits per heavy atom. The van der Waals surface area contributed by atoms with Gasteiger partial charge in [0.2, 0.25) is 0 Å². The molecule has 1 N–H and O–H groups in total. The van der Waals surface area contributed by atoms with Crippen molar-refractivity contribution in [2.45, 2.75) is 18.9 Å². The third kappa shape index (κ3) is 2.08. The third-order valence-corrected chi connectivity index (χ3v) is 3.73. The molecule has 1 aromatic heterocycles. The molecule has 2 aromatic rings. The van der Waals surface area contributed by atoms with Gasteiger partial charge in [-0.15, -0.1) is 0 Å². The highest BCUT2D eigenvalue weighted by Gasteiger charge is 2.42. The van der Waals surface area contributed by atoms with Crippen LogP contribution in [0, 0.1) is 0 Å². The van der Waals surface area contributed by atoms with Crippen LogP contribution in [0.2, 0.25) is 0 Å². The number of aliphatic hydroxyl groups is 1. The largest absolute Gasteiger partial charge is 0.386 e. The minimum absolute atomic E-state index is 0.108. The summed E-state index contributed by atoms with van der Waals surface area (Å²) in [6.45, 7) is 2.73. The molecular formula is C15H16N2O2. The number of hydrogen-bond donors (Lipinski definition) is 1. The highest BCUT2D eigenvalue weighted by molar-refractivity contribution is 5.95. The van der Waals surface area contributed by atoms with Gasteiger partial charge in [-0.2, -0.15) is 0 Å². The van der Waals surface area contributed by atoms with Gasteiger partial charge in [-0.25, -0.2) is 4.98 Å². The van der Waals surface area contributed by atoms with Gasteiger partial charge in [0.1, 0.15) is 5.69 Å². The molecule has 0 atom stereocenters. The first kappa shape index (κ1) is 12.1. The van der Waals surface area contributed by atoms with Gasteiger partial charge in [0.15, 0.2) is 0 Å². The van der Waals surface area contributed by atoms with E-state index in [1.807, 2.05) is 37.3 Å². The molecule has 0 bridgehead atoms. The fourth-order valence-electron chi connectivity index (χ4n) is 2.38. The van der Waals surface area contributed by atoms with E-state index in [-0.39, 0.29) is 5.91 Å². The number of aromatic nitrogens is 1. The number of nitrogens with zero attached hydrogens (tertiary/aromatic N) is 2. The second kappa shape index (κ2) is 4.31. The number of pyridine rings is 1. The number of carbonyl (C=O) groups excluding carboxylic acids is 1. The van der Waals surface area contributed by atoms with Crippen LogP contribution >= 0.6 is 0 Å². The lowest BCUT2D eigenvalue weighted by Gasteiger charge is -2.45. The second-order valence-corrected chi connectivity index (χ2v) is 5.13. The minimum Gasteiger partial charge on any atom is -0.386 e. The van der Waals surface area contributed by atoms with Crippen molar-refractivity contribution in [2.75, 3.05) is 13.1 Å². The molecule has 19 heavy (non-hydrogen) atoms. The lowest BCUT2D eigenvalue weighted by atomic mass is 9.91. The van der Waals surface area contributed by atoms with E-state index in [2.05, 4.69) is 4.98 Å². The second-order valence-electron chi connectivity index (χ2n) is 5.13. The van der Waals surface area contributed by atoms with Crippen molar-refractivity contribution < 1.29 is 9.90 Å². The van der Waals surface area contributed by atoms with Gasteiger partial charge >= 0.3 is 0 Å². The van der Waals surface area contributed by atoms with Gasteiger partial charge in [-0.1, -0.05) is 31.2 Å². The molecule has 0 aliphatic carbocycles. The first-order valence-corrected chi connectivity index (χ1v) is 6.49. The minimum atomic E-state index is -0.702. The zero-order valence-electron chi connectivity index (χ0n) is 10.8. The summed E-state index contributed by atoms with van der Waals surface area (Å²) in [5.41, 5.74) is 0.559. The number of para-hydroxylation sites is 1. The Kier molecular flexibility index (Phi) is 2.75. The van der Waals surface area contributed by atoms with Crippen molar-refractivity contribution in [3.05, 3.63) is 42.1 Å². The van der Waals surface area contributed by atoms with E-state index < -0.39 is 5.60 Å². The van der Waals surface area contributed by atoms with E-state index in [1.165, 1.54) is 0 Å². The van der Waals surface area contributed by atoms with Gasteiger partial charge in [0.25, 0.3) is 5.91 Å². The summed E-state index contributed by atoms with van der Waals surface area (Å²) >= 11 is 0. The standard InChI is InChI=1S/C15H16N2O2/c1-2-15(19)9-17(10-15)14(18)13-8-7-11-5-3-4-6-12(11)16-13/h3-8,19H,2,9-10H2,1H3. The number of benzene rings is 1.